The molecule has 2 bridgehead atoms. The zero-order valence-electron chi connectivity index (χ0n) is 6.30. The van der Waals surface area contributed by atoms with Crippen molar-refractivity contribution in [1.29, 1.82) is 0 Å². The molecule has 0 radical (unpaired) electrons. The van der Waals surface area contributed by atoms with E-state index in [-0.39, 0.29) is 0 Å². The Labute approximate surface area is 82.0 Å². The highest BCUT2D eigenvalue weighted by Crippen LogP contribution is 2.43. The van der Waals surface area contributed by atoms with Crippen molar-refractivity contribution in [3.05, 3.63) is 0 Å². The highest BCUT2D eigenvalue weighted by atomic mass is 35.5. The van der Waals surface area contributed by atoms with E-state index in [0.29, 0.717) is 21.9 Å². The summed E-state index contributed by atoms with van der Waals surface area (Å²) in [7, 11) is 0. The normalized spacial score (nSPS) is 50.7. The standard InChI is InChI=1S/C8H12Cl2S/c9-6-3-5-1-2-8(6)11-4-7(5)10/h5-8H,1-4H2/t5-,6+,7-,8+/m1/s1. The number of alkyl halides is 2. The van der Waals surface area contributed by atoms with Gasteiger partial charge in [0.2, 0.25) is 0 Å². The van der Waals surface area contributed by atoms with Gasteiger partial charge >= 0.3 is 0 Å². The fourth-order valence-corrected chi connectivity index (χ4v) is 4.33. The molecule has 0 aromatic rings. The average Bonchev–Trinajstić information content (AvgIpc) is 2.22. The molecule has 64 valence electrons. The molecule has 0 amide bonds. The van der Waals surface area contributed by atoms with Crippen molar-refractivity contribution in [2.24, 2.45) is 5.92 Å². The minimum Gasteiger partial charge on any atom is -0.155 e. The monoisotopic (exact) mass is 210 g/mol. The first-order valence-electron chi connectivity index (χ1n) is 4.17. The molecule has 3 aliphatic rings. The third-order valence-corrected chi connectivity index (χ3v) is 5.60. The Kier molecular flexibility index (Phi) is 2.60. The molecule has 0 unspecified atom stereocenters. The summed E-state index contributed by atoms with van der Waals surface area (Å²) in [4.78, 5) is 0. The number of thioether (sulfide) groups is 1. The number of hydrogen-bond donors (Lipinski definition) is 0. The summed E-state index contributed by atoms with van der Waals surface area (Å²) in [5.74, 6) is 1.81. The first kappa shape index (κ1) is 8.52. The van der Waals surface area contributed by atoms with E-state index in [0.717, 1.165) is 12.2 Å². The zero-order chi connectivity index (χ0) is 7.84. The molecule has 0 N–H and O–H groups in total. The van der Waals surface area contributed by atoms with Gasteiger partial charge in [-0.2, -0.15) is 11.8 Å². The van der Waals surface area contributed by atoms with Gasteiger partial charge in [0.15, 0.2) is 0 Å². The topological polar surface area (TPSA) is 0 Å². The SMILES string of the molecule is Cl[C@@H]1CS[C@H]2CC[C@@H]1C[C@@H]2Cl. The van der Waals surface area contributed by atoms with Crippen molar-refractivity contribution in [3.63, 3.8) is 0 Å². The van der Waals surface area contributed by atoms with Crippen molar-refractivity contribution >= 4 is 35.0 Å². The van der Waals surface area contributed by atoms with Crippen LogP contribution in [0.5, 0.6) is 0 Å². The third kappa shape index (κ3) is 1.66. The van der Waals surface area contributed by atoms with E-state index >= 15 is 0 Å². The van der Waals surface area contributed by atoms with Gasteiger partial charge in [0.05, 0.1) is 0 Å². The van der Waals surface area contributed by atoms with E-state index in [1.807, 2.05) is 11.8 Å². The molecule has 2 aliphatic heterocycles. The van der Waals surface area contributed by atoms with Crippen LogP contribution in [-0.4, -0.2) is 21.8 Å². The molecule has 1 saturated carbocycles. The van der Waals surface area contributed by atoms with Crippen molar-refractivity contribution in [2.45, 2.75) is 35.3 Å². The number of hydrogen-bond acceptors (Lipinski definition) is 1. The number of rotatable bonds is 0. The Balaban J connectivity index is 2.11. The molecular formula is C8H12Cl2S. The second-order valence-corrected chi connectivity index (χ2v) is 5.87. The van der Waals surface area contributed by atoms with Crippen LogP contribution in [0.25, 0.3) is 0 Å². The Hall–Kier alpha value is 0.930. The van der Waals surface area contributed by atoms with E-state index < -0.39 is 0 Å². The second kappa shape index (κ2) is 3.35. The minimum absolute atomic E-state index is 0.383. The van der Waals surface area contributed by atoms with Gasteiger partial charge in [0, 0.05) is 21.8 Å². The van der Waals surface area contributed by atoms with E-state index in [2.05, 4.69) is 0 Å². The van der Waals surface area contributed by atoms with Crippen LogP contribution in [0.2, 0.25) is 0 Å². The summed E-state index contributed by atoms with van der Waals surface area (Å²) in [6.07, 6.45) is 3.73. The average molecular weight is 211 g/mol. The van der Waals surface area contributed by atoms with Crippen LogP contribution in [0.1, 0.15) is 19.3 Å². The molecule has 3 fully saturated rings. The van der Waals surface area contributed by atoms with E-state index in [1.54, 1.807) is 0 Å². The minimum atomic E-state index is 0.383. The van der Waals surface area contributed by atoms with Crippen molar-refractivity contribution in [3.8, 4) is 0 Å². The van der Waals surface area contributed by atoms with Crippen LogP contribution in [-0.2, 0) is 0 Å². The molecule has 2 saturated heterocycles. The third-order valence-electron chi connectivity index (χ3n) is 2.73. The highest BCUT2D eigenvalue weighted by Gasteiger charge is 2.36. The molecule has 4 atom stereocenters. The van der Waals surface area contributed by atoms with E-state index in [9.17, 15) is 0 Å². The molecule has 1 aliphatic carbocycles. The summed E-state index contributed by atoms with van der Waals surface area (Å²) in [5.41, 5.74) is 0. The molecule has 0 aromatic carbocycles. The van der Waals surface area contributed by atoms with Crippen LogP contribution in [0.3, 0.4) is 0 Å². The fraction of sp³-hybridized carbons (Fsp3) is 1.00. The van der Waals surface area contributed by atoms with E-state index in [4.69, 9.17) is 23.2 Å². The van der Waals surface area contributed by atoms with Gasteiger partial charge in [-0.05, 0) is 25.2 Å². The maximum Gasteiger partial charge on any atom is 0.0457 e. The predicted octanol–water partition coefficient (Wildman–Crippen LogP) is 3.12. The Morgan fingerprint density at radius 3 is 2.64 bits per heavy atom. The summed E-state index contributed by atoms with van der Waals surface area (Å²) >= 11 is 14.4. The van der Waals surface area contributed by atoms with Crippen LogP contribution < -0.4 is 0 Å². The number of fused-ring (bicyclic) bond motifs is 4. The Morgan fingerprint density at radius 1 is 1.09 bits per heavy atom. The maximum atomic E-state index is 6.20. The molecule has 0 nitrogen and oxygen atoms in total. The molecule has 3 rings (SSSR count). The van der Waals surface area contributed by atoms with Gasteiger partial charge in [0.1, 0.15) is 0 Å². The van der Waals surface area contributed by atoms with Crippen LogP contribution in [0, 0.1) is 5.92 Å². The van der Waals surface area contributed by atoms with Crippen LogP contribution in [0.15, 0.2) is 0 Å². The number of halogens is 2. The quantitative estimate of drug-likeness (QED) is 0.555. The lowest BCUT2D eigenvalue weighted by molar-refractivity contribution is 0.378. The predicted molar refractivity (Wildman–Crippen MR) is 52.9 cm³/mol. The van der Waals surface area contributed by atoms with Gasteiger partial charge in [-0.25, -0.2) is 0 Å². The maximum absolute atomic E-state index is 6.20. The van der Waals surface area contributed by atoms with Gasteiger partial charge in [0.25, 0.3) is 0 Å². The highest BCUT2D eigenvalue weighted by molar-refractivity contribution is 8.00. The summed E-state index contributed by atoms with van der Waals surface area (Å²) < 4.78 is 0. The second-order valence-electron chi connectivity index (χ2n) is 3.48. The van der Waals surface area contributed by atoms with Crippen molar-refractivity contribution < 1.29 is 0 Å². The van der Waals surface area contributed by atoms with Crippen molar-refractivity contribution in [1.82, 2.24) is 0 Å². The van der Waals surface area contributed by atoms with E-state index in [1.165, 1.54) is 12.8 Å². The van der Waals surface area contributed by atoms with Gasteiger partial charge < -0.3 is 0 Å². The molecular weight excluding hydrogens is 199 g/mol. The molecule has 0 spiro atoms. The molecule has 0 aromatic heterocycles. The smallest absolute Gasteiger partial charge is 0.0457 e. The van der Waals surface area contributed by atoms with Crippen LogP contribution in [0.4, 0.5) is 0 Å². The lowest BCUT2D eigenvalue weighted by atomic mass is 9.87. The molecule has 3 heteroatoms. The largest absolute Gasteiger partial charge is 0.155 e. The van der Waals surface area contributed by atoms with Crippen LogP contribution >= 0.6 is 35.0 Å². The summed E-state index contributed by atoms with van der Waals surface area (Å²) in [6, 6.07) is 0. The zero-order valence-corrected chi connectivity index (χ0v) is 8.63. The summed E-state index contributed by atoms with van der Waals surface area (Å²) in [5, 5.41) is 1.47. The van der Waals surface area contributed by atoms with Gasteiger partial charge in [-0.15, -0.1) is 23.2 Å². The van der Waals surface area contributed by atoms with Crippen molar-refractivity contribution in [2.75, 3.05) is 5.75 Å². The lowest BCUT2D eigenvalue weighted by Gasteiger charge is -2.28. The Morgan fingerprint density at radius 2 is 1.91 bits per heavy atom. The molecule has 11 heavy (non-hydrogen) atoms. The summed E-state index contributed by atoms with van der Waals surface area (Å²) in [6.45, 7) is 0. The Bertz CT molecular complexity index is 151. The van der Waals surface area contributed by atoms with Gasteiger partial charge in [-0.3, -0.25) is 0 Å². The lowest BCUT2D eigenvalue weighted by Crippen LogP contribution is -2.27. The first-order valence-corrected chi connectivity index (χ1v) is 6.09. The van der Waals surface area contributed by atoms with Gasteiger partial charge in [-0.1, -0.05) is 0 Å². The molecule has 2 heterocycles. The fourth-order valence-electron chi connectivity index (χ4n) is 1.99. The first-order chi connectivity index (χ1) is 5.27.